The number of para-hydroxylation sites is 1. The molecular formula is C26H18N2O6S. The summed E-state index contributed by atoms with van der Waals surface area (Å²) in [6.07, 6.45) is 0. The van der Waals surface area contributed by atoms with Crippen molar-refractivity contribution >= 4 is 49.5 Å². The molecule has 0 spiro atoms. The number of rotatable bonds is 4. The summed E-state index contributed by atoms with van der Waals surface area (Å²) in [4.78, 5) is 45.5. The Balaban J connectivity index is 1.55. The van der Waals surface area contributed by atoms with Crippen molar-refractivity contribution in [2.45, 2.75) is 19.9 Å². The second-order valence-corrected chi connectivity index (χ2v) is 9.10. The van der Waals surface area contributed by atoms with E-state index >= 15 is 0 Å². The quantitative estimate of drug-likeness (QED) is 0.321. The third-order valence-electron chi connectivity index (χ3n) is 5.90. The van der Waals surface area contributed by atoms with Gasteiger partial charge < -0.3 is 13.6 Å². The maximum absolute atomic E-state index is 13.7. The maximum atomic E-state index is 13.7. The van der Waals surface area contributed by atoms with E-state index in [1.54, 1.807) is 68.4 Å². The number of benzene rings is 2. The minimum Gasteiger partial charge on any atom is -0.464 e. The van der Waals surface area contributed by atoms with Gasteiger partial charge in [-0.2, -0.15) is 0 Å². The number of fused-ring (bicyclic) bond motifs is 3. The van der Waals surface area contributed by atoms with Gasteiger partial charge in [0.05, 0.1) is 33.3 Å². The molecule has 9 heteroatoms. The lowest BCUT2D eigenvalue weighted by molar-refractivity contribution is 0.0526. The van der Waals surface area contributed by atoms with Gasteiger partial charge in [0.2, 0.25) is 5.76 Å². The van der Waals surface area contributed by atoms with Gasteiger partial charge in [-0.3, -0.25) is 14.5 Å². The zero-order valence-corrected chi connectivity index (χ0v) is 19.5. The van der Waals surface area contributed by atoms with Crippen molar-refractivity contribution in [3.63, 3.8) is 0 Å². The van der Waals surface area contributed by atoms with Crippen molar-refractivity contribution < 1.29 is 23.2 Å². The fraction of sp³-hybridized carbons (Fsp3) is 0.154. The van der Waals surface area contributed by atoms with E-state index in [0.29, 0.717) is 43.4 Å². The smallest absolute Gasteiger partial charge is 0.338 e. The van der Waals surface area contributed by atoms with Crippen molar-refractivity contribution in [2.24, 2.45) is 0 Å². The first kappa shape index (κ1) is 21.3. The molecule has 8 nitrogen and oxygen atoms in total. The number of thiazole rings is 1. The number of aromatic nitrogens is 1. The van der Waals surface area contributed by atoms with Crippen LogP contribution < -0.4 is 10.3 Å². The summed E-state index contributed by atoms with van der Waals surface area (Å²) in [6.45, 7) is 3.81. The molecule has 0 radical (unpaired) electrons. The number of carbonyl (C=O) groups excluding carboxylic acids is 2. The molecule has 1 atom stereocenters. The molecule has 4 heterocycles. The average Bonchev–Trinajstić information content (AvgIpc) is 3.54. The number of aryl methyl sites for hydroxylation is 1. The largest absolute Gasteiger partial charge is 0.464 e. The van der Waals surface area contributed by atoms with E-state index in [1.807, 2.05) is 0 Å². The van der Waals surface area contributed by atoms with Crippen LogP contribution in [0.1, 0.15) is 51.0 Å². The van der Waals surface area contributed by atoms with Crippen LogP contribution in [0.3, 0.4) is 0 Å². The number of nitrogens with zero attached hydrogens (tertiary/aromatic N) is 2. The van der Waals surface area contributed by atoms with E-state index in [1.165, 1.54) is 16.2 Å². The summed E-state index contributed by atoms with van der Waals surface area (Å²) in [5, 5.41) is 0.748. The van der Waals surface area contributed by atoms with E-state index in [0.717, 1.165) is 0 Å². The topological polar surface area (TPSA) is 103 Å². The molecule has 2 aromatic carbocycles. The van der Waals surface area contributed by atoms with Crippen molar-refractivity contribution in [3.8, 4) is 0 Å². The Morgan fingerprint density at radius 2 is 1.94 bits per heavy atom. The van der Waals surface area contributed by atoms with Crippen LogP contribution in [-0.2, 0) is 4.74 Å². The maximum Gasteiger partial charge on any atom is 0.338 e. The van der Waals surface area contributed by atoms with Crippen LogP contribution in [0.4, 0.5) is 5.13 Å². The highest BCUT2D eigenvalue weighted by Crippen LogP contribution is 2.44. The summed E-state index contributed by atoms with van der Waals surface area (Å²) in [6, 6.07) is 14.6. The molecule has 0 fully saturated rings. The third kappa shape index (κ3) is 3.27. The van der Waals surface area contributed by atoms with Crippen molar-refractivity contribution in [1.29, 1.82) is 0 Å². The number of hydrogen-bond acceptors (Lipinski definition) is 8. The third-order valence-corrected chi connectivity index (χ3v) is 6.92. The Hall–Kier alpha value is -4.24. The lowest BCUT2D eigenvalue weighted by Crippen LogP contribution is -2.29. The Morgan fingerprint density at radius 3 is 2.71 bits per heavy atom. The molecule has 1 aliphatic rings. The Bertz CT molecular complexity index is 1710. The molecule has 0 saturated heterocycles. The minimum atomic E-state index is -0.836. The fourth-order valence-electron chi connectivity index (χ4n) is 4.34. The van der Waals surface area contributed by atoms with Gasteiger partial charge in [0.15, 0.2) is 10.6 Å². The van der Waals surface area contributed by atoms with Crippen LogP contribution >= 0.6 is 11.3 Å². The molecule has 5 aromatic rings. The van der Waals surface area contributed by atoms with E-state index < -0.39 is 17.9 Å². The molecule has 35 heavy (non-hydrogen) atoms. The zero-order chi connectivity index (χ0) is 24.3. The zero-order valence-electron chi connectivity index (χ0n) is 18.7. The monoisotopic (exact) mass is 486 g/mol. The molecule has 1 aliphatic heterocycles. The number of esters is 1. The molecule has 6 rings (SSSR count). The number of amides is 1. The number of hydrogen-bond donors (Lipinski definition) is 0. The van der Waals surface area contributed by atoms with Gasteiger partial charge in [-0.05, 0) is 56.3 Å². The summed E-state index contributed by atoms with van der Waals surface area (Å²) in [7, 11) is 0. The van der Waals surface area contributed by atoms with Gasteiger partial charge in [0.1, 0.15) is 23.1 Å². The van der Waals surface area contributed by atoms with Gasteiger partial charge in [-0.1, -0.05) is 23.5 Å². The van der Waals surface area contributed by atoms with Crippen LogP contribution in [0.5, 0.6) is 0 Å². The van der Waals surface area contributed by atoms with E-state index in [-0.39, 0.29) is 23.4 Å². The molecule has 0 aliphatic carbocycles. The molecular weight excluding hydrogens is 468 g/mol. The summed E-state index contributed by atoms with van der Waals surface area (Å²) in [5.41, 5.74) is 1.27. The summed E-state index contributed by atoms with van der Waals surface area (Å²) < 4.78 is 17.6. The number of ether oxygens (including phenoxy) is 1. The van der Waals surface area contributed by atoms with Crippen LogP contribution in [0, 0.1) is 6.92 Å². The lowest BCUT2D eigenvalue weighted by atomic mass is 10.0. The molecule has 0 bridgehead atoms. The SMILES string of the molecule is CCOC(=O)c1ccc2nc(N3C(=O)c4oc5ccccc5c(=O)c4[C@H]3c3ccc(C)o3)sc2c1. The van der Waals surface area contributed by atoms with E-state index in [2.05, 4.69) is 4.98 Å². The highest BCUT2D eigenvalue weighted by molar-refractivity contribution is 7.22. The first-order valence-corrected chi connectivity index (χ1v) is 11.8. The van der Waals surface area contributed by atoms with Crippen LogP contribution in [0.15, 0.2) is 68.2 Å². The average molecular weight is 487 g/mol. The van der Waals surface area contributed by atoms with Gasteiger partial charge in [-0.25, -0.2) is 9.78 Å². The minimum absolute atomic E-state index is 0.0285. The van der Waals surface area contributed by atoms with Crippen LogP contribution in [-0.4, -0.2) is 23.5 Å². The fourth-order valence-corrected chi connectivity index (χ4v) is 5.37. The normalized spacial score (nSPS) is 15.2. The van der Waals surface area contributed by atoms with Crippen molar-refractivity contribution in [2.75, 3.05) is 11.5 Å². The first-order valence-electron chi connectivity index (χ1n) is 11.0. The van der Waals surface area contributed by atoms with Gasteiger partial charge in [0.25, 0.3) is 5.91 Å². The molecule has 1 amide bonds. The molecule has 0 N–H and O–H groups in total. The second-order valence-electron chi connectivity index (χ2n) is 8.10. The first-order chi connectivity index (χ1) is 17.0. The van der Waals surface area contributed by atoms with Gasteiger partial charge in [-0.15, -0.1) is 0 Å². The van der Waals surface area contributed by atoms with Crippen molar-refractivity contribution in [1.82, 2.24) is 4.98 Å². The van der Waals surface area contributed by atoms with Crippen LogP contribution in [0.25, 0.3) is 21.2 Å². The van der Waals surface area contributed by atoms with Crippen molar-refractivity contribution in [3.05, 3.63) is 93.2 Å². The standard InChI is InChI=1S/C26H18N2O6S/c1-3-32-25(31)14-9-10-16-19(12-14)35-26(27-16)28-21(18-11-8-13(2)33-18)20-22(29)15-6-4-5-7-17(15)34-23(20)24(28)30/h4-12,21H,3H2,1-2H3/t21-/m1/s1. The Kier molecular flexibility index (Phi) is 4.82. The number of furan rings is 1. The predicted molar refractivity (Wildman–Crippen MR) is 130 cm³/mol. The van der Waals surface area contributed by atoms with Gasteiger partial charge in [0, 0.05) is 0 Å². The van der Waals surface area contributed by atoms with Crippen LogP contribution in [0.2, 0.25) is 0 Å². The lowest BCUT2D eigenvalue weighted by Gasteiger charge is -2.20. The highest BCUT2D eigenvalue weighted by Gasteiger charge is 2.46. The molecule has 3 aromatic heterocycles. The van der Waals surface area contributed by atoms with E-state index in [4.69, 9.17) is 13.6 Å². The highest BCUT2D eigenvalue weighted by atomic mass is 32.1. The Labute approximate surface area is 202 Å². The summed E-state index contributed by atoms with van der Waals surface area (Å²) >= 11 is 1.23. The summed E-state index contributed by atoms with van der Waals surface area (Å²) in [5.74, 6) is 0.142. The number of anilines is 1. The number of carbonyl (C=O) groups is 2. The molecule has 0 unspecified atom stereocenters. The molecule has 174 valence electrons. The predicted octanol–water partition coefficient (Wildman–Crippen LogP) is 5.23. The second kappa shape index (κ2) is 7.92. The van der Waals surface area contributed by atoms with E-state index in [9.17, 15) is 14.4 Å². The van der Waals surface area contributed by atoms with Gasteiger partial charge >= 0.3 is 5.97 Å². The Morgan fingerprint density at radius 1 is 1.11 bits per heavy atom. The molecule has 0 saturated carbocycles.